The van der Waals surface area contributed by atoms with Crippen molar-refractivity contribution in [3.63, 3.8) is 0 Å². The Morgan fingerprint density at radius 3 is 0.0294 bits per heavy atom. The van der Waals surface area contributed by atoms with E-state index < -0.39 is 0 Å². The van der Waals surface area contributed by atoms with Crippen molar-refractivity contribution in [2.45, 2.75) is 0 Å². The van der Waals surface area contributed by atoms with Crippen molar-refractivity contribution in [1.29, 1.82) is 0 Å². The normalized spacial score (nSPS) is 0. The van der Waals surface area contributed by atoms with Crippen molar-refractivity contribution in [3.8, 4) is 0 Å². The molecular formula is U34. The van der Waals surface area contributed by atoms with E-state index in [1.807, 2.05) is 0 Å². The first-order chi connectivity index (χ1) is 0. The molecule has 0 aromatic rings. The van der Waals surface area contributed by atoms with Crippen LogP contribution in [0.4, 0.5) is 0 Å². The van der Waals surface area contributed by atoms with Crippen LogP contribution in [0.25, 0.3) is 0 Å². The van der Waals surface area contributed by atoms with Crippen LogP contribution in [-0.2, 0) is 0 Å². The van der Waals surface area contributed by atoms with Gasteiger partial charge in [-0.1, -0.05) is 0 Å². The first-order valence-electron chi connectivity index (χ1n) is 0. The summed E-state index contributed by atoms with van der Waals surface area (Å²) in [5, 5.41) is 0. The van der Waals surface area contributed by atoms with Crippen LogP contribution in [0.5, 0.6) is 0 Å². The minimum atomic E-state index is 0. The van der Waals surface area contributed by atoms with E-state index in [-0.39, 0.29) is 1060 Å². The molecule has 0 aliphatic carbocycles. The SMILES string of the molecule is [U].[U].[U].[U].[U].[U].[U].[U].[U].[U].[U].[U].[U].[U].[U].[U].[U].[U].[U].[U].[U].[U].[U].[U].[U].[U].[U].[U].[U].[U].[U].[U].[U].[U]. The molecule has 34 heteroatoms. The second kappa shape index (κ2) is 247. The molecule has 0 unspecified atom stereocenters. The molecule has 0 atom stereocenters. The number of hydrogen-bond donors (Lipinski definition) is 0. The second-order valence-corrected chi connectivity index (χ2v) is 0. The van der Waals surface area contributed by atoms with Gasteiger partial charge in [-0.05, 0) is 0 Å². The molecule has 0 spiro atoms. The third-order valence-corrected chi connectivity index (χ3v) is 0. The largest absolute Gasteiger partial charge is 0 e. The summed E-state index contributed by atoms with van der Waals surface area (Å²) in [4.78, 5) is 0. The molecule has 0 nitrogen and oxygen atoms in total. The molecule has 34 heavy (non-hydrogen) atoms. The van der Waals surface area contributed by atoms with E-state index in [1.165, 1.54) is 0 Å². The number of hydrogen-bond acceptors (Lipinski definition) is 0. The van der Waals surface area contributed by atoms with Crippen LogP contribution in [0.1, 0.15) is 0 Å². The Kier molecular flexibility index (Phi) is 1870. The summed E-state index contributed by atoms with van der Waals surface area (Å²) in [5.41, 5.74) is 0. The Morgan fingerprint density at radius 2 is 0.0294 bits per heavy atom. The monoisotopic (exact) mass is 8090 g/mol. The van der Waals surface area contributed by atoms with Crippen LogP contribution >= 0.6 is 0 Å². The van der Waals surface area contributed by atoms with E-state index in [0.29, 0.717) is 0 Å². The zero-order valence-electron chi connectivity index (χ0n) is 17.0. The van der Waals surface area contributed by atoms with Gasteiger partial charge in [0.05, 0.1) is 0 Å². The molecule has 0 amide bonds. The molecule has 0 heterocycles. The minimum absolute atomic E-state index is 0. The summed E-state index contributed by atoms with van der Waals surface area (Å²) in [5.74, 6) is 0. The number of rotatable bonds is 0. The van der Waals surface area contributed by atoms with Crippen LogP contribution < -0.4 is 0 Å². The van der Waals surface area contributed by atoms with Crippen molar-refractivity contribution < 1.29 is 1060 Å². The minimum Gasteiger partial charge on any atom is 0 e. The van der Waals surface area contributed by atoms with Gasteiger partial charge >= 0.3 is 0 Å². The average molecular weight is 8090 g/mol. The fraction of sp³-hybridized carbons (Fsp3) is 0. The van der Waals surface area contributed by atoms with Crippen LogP contribution in [0, 0.1) is 1060 Å². The molecule has 0 fully saturated rings. The van der Waals surface area contributed by atoms with Crippen molar-refractivity contribution in [1.82, 2.24) is 0 Å². The van der Waals surface area contributed by atoms with E-state index in [1.54, 1.807) is 0 Å². The van der Waals surface area contributed by atoms with Gasteiger partial charge in [-0.2, -0.15) is 0 Å². The van der Waals surface area contributed by atoms with Gasteiger partial charge in [0.15, 0.2) is 0 Å². The van der Waals surface area contributed by atoms with Gasteiger partial charge in [-0.25, -0.2) is 0 Å². The first kappa shape index (κ1) is 258. The van der Waals surface area contributed by atoms with Crippen LogP contribution in [0.3, 0.4) is 0 Å². The van der Waals surface area contributed by atoms with E-state index in [4.69, 9.17) is 0 Å². The summed E-state index contributed by atoms with van der Waals surface area (Å²) >= 11 is 0. The maximum absolute atomic E-state index is 0. The predicted octanol–water partition coefficient (Wildman–Crippen LogP) is 0. The first-order valence-corrected chi connectivity index (χ1v) is 0. The van der Waals surface area contributed by atoms with E-state index in [2.05, 4.69) is 0 Å². The zero-order valence-corrected chi connectivity index (χ0v) is 159. The summed E-state index contributed by atoms with van der Waals surface area (Å²) in [6, 6.07) is 0. The summed E-state index contributed by atoms with van der Waals surface area (Å²) in [6.07, 6.45) is 0. The van der Waals surface area contributed by atoms with Crippen LogP contribution in [0.15, 0.2) is 0 Å². The Bertz CT molecular complexity index is 0. The maximum atomic E-state index is 0. The maximum Gasteiger partial charge on any atom is 0 e. The quantitative estimate of drug-likeness (QED) is 0.321. The summed E-state index contributed by atoms with van der Waals surface area (Å²) < 4.78 is 0. The topological polar surface area (TPSA) is 0 Å². The van der Waals surface area contributed by atoms with Crippen LogP contribution in [0.2, 0.25) is 0 Å². The van der Waals surface area contributed by atoms with Crippen LogP contribution in [-0.4, -0.2) is 0 Å². The zero-order chi connectivity index (χ0) is 0. The molecule has 0 aliphatic rings. The predicted molar refractivity (Wildman–Crippen MR) is 0 cm³/mol. The van der Waals surface area contributed by atoms with Gasteiger partial charge in [0.2, 0.25) is 0 Å². The Labute approximate surface area is 1020 Å². The van der Waals surface area contributed by atoms with Crippen molar-refractivity contribution in [2.24, 2.45) is 0 Å². The van der Waals surface area contributed by atoms with Gasteiger partial charge in [-0.15, -0.1) is 0 Å². The van der Waals surface area contributed by atoms with E-state index in [9.17, 15) is 0 Å². The molecule has 0 N–H and O–H groups in total. The smallest absolute Gasteiger partial charge is 0 e. The van der Waals surface area contributed by atoms with E-state index in [0.717, 1.165) is 0 Å². The Balaban J connectivity index is 0. The Morgan fingerprint density at radius 1 is 0.0294 bits per heavy atom. The molecule has 0 saturated carbocycles. The van der Waals surface area contributed by atoms with E-state index >= 15 is 0 Å². The second-order valence-electron chi connectivity index (χ2n) is 0. The van der Waals surface area contributed by atoms with Gasteiger partial charge in [0, 0.05) is 1060 Å². The summed E-state index contributed by atoms with van der Waals surface area (Å²) in [7, 11) is 0. The molecule has 0 aromatic carbocycles. The average Bonchev–Trinajstić information content (AvgIpc) is 0. The third kappa shape index (κ3) is 236. The standard InChI is InChI=1S/34U. The molecule has 0 aromatic heterocycles. The summed E-state index contributed by atoms with van der Waals surface area (Å²) in [6.45, 7) is 0. The van der Waals surface area contributed by atoms with Crippen molar-refractivity contribution >= 4 is 0 Å². The molecule has 0 radical (unpaired) electrons. The fourth-order valence-corrected chi connectivity index (χ4v) is 0. The molecule has 0 bridgehead atoms. The van der Waals surface area contributed by atoms with Gasteiger partial charge in [0.25, 0.3) is 0 Å². The molecule has 0 saturated heterocycles. The van der Waals surface area contributed by atoms with Crippen molar-refractivity contribution in [2.75, 3.05) is 0 Å². The molecule has 0 aliphatic heterocycles. The van der Waals surface area contributed by atoms with Gasteiger partial charge < -0.3 is 0 Å². The third-order valence-electron chi connectivity index (χ3n) is 0. The Hall–Kier alpha value is 35.8. The molecule has 0 rings (SSSR count). The molecule has 136 valence electrons. The van der Waals surface area contributed by atoms with Gasteiger partial charge in [-0.3, -0.25) is 0 Å². The molecular weight excluding hydrogens is 8090 g/mol. The fourth-order valence-electron chi connectivity index (χ4n) is 0. The van der Waals surface area contributed by atoms with Gasteiger partial charge in [0.1, 0.15) is 0 Å². The van der Waals surface area contributed by atoms with Crippen molar-refractivity contribution in [3.05, 3.63) is 0 Å².